The van der Waals surface area contributed by atoms with E-state index in [1.54, 1.807) is 12.1 Å². The van der Waals surface area contributed by atoms with Crippen molar-refractivity contribution < 1.29 is 24.6 Å². The van der Waals surface area contributed by atoms with Crippen molar-refractivity contribution in [2.75, 3.05) is 0 Å². The van der Waals surface area contributed by atoms with Gasteiger partial charge >= 0.3 is 0 Å². The largest absolute Gasteiger partial charge is 0.512 e. The van der Waals surface area contributed by atoms with Gasteiger partial charge in [0.25, 0.3) is 0 Å². The number of halogens is 1. The monoisotopic (exact) mass is 462 g/mol. The van der Waals surface area contributed by atoms with Crippen LogP contribution >= 0.6 is 15.9 Å². The Morgan fingerprint density at radius 1 is 0.931 bits per heavy atom. The first kappa shape index (κ1) is 21.8. The summed E-state index contributed by atoms with van der Waals surface area (Å²) in [4.78, 5) is 39.3. The Bertz CT molecular complexity index is 905. The molecule has 5 nitrogen and oxygen atoms in total. The van der Waals surface area contributed by atoms with Crippen LogP contribution in [0.3, 0.4) is 0 Å². The molecule has 1 saturated carbocycles. The van der Waals surface area contributed by atoms with E-state index in [-0.39, 0.29) is 60.1 Å². The summed E-state index contributed by atoms with van der Waals surface area (Å²) < 4.78 is 0.648. The second-order valence-electron chi connectivity index (χ2n) is 9.91. The highest BCUT2D eigenvalue weighted by molar-refractivity contribution is 9.10. The lowest BCUT2D eigenvalue weighted by Crippen LogP contribution is -2.43. The molecule has 1 aromatic rings. The first-order valence-corrected chi connectivity index (χ1v) is 10.6. The normalized spacial score (nSPS) is 23.4. The molecule has 0 bridgehead atoms. The van der Waals surface area contributed by atoms with Crippen molar-refractivity contribution in [2.24, 2.45) is 16.7 Å². The van der Waals surface area contributed by atoms with Gasteiger partial charge in [0.1, 0.15) is 23.1 Å². The predicted octanol–water partition coefficient (Wildman–Crippen LogP) is 5.01. The van der Waals surface area contributed by atoms with E-state index in [0.717, 1.165) is 0 Å². The minimum atomic E-state index is -1.09. The molecule has 0 saturated heterocycles. The van der Waals surface area contributed by atoms with Crippen LogP contribution in [0.15, 0.2) is 34.0 Å². The quantitative estimate of drug-likeness (QED) is 0.615. The Hall–Kier alpha value is -1.95. The van der Waals surface area contributed by atoms with Gasteiger partial charge in [0, 0.05) is 47.2 Å². The second-order valence-corrected chi connectivity index (χ2v) is 10.8. The van der Waals surface area contributed by atoms with Gasteiger partial charge in [-0.15, -0.1) is 0 Å². The summed E-state index contributed by atoms with van der Waals surface area (Å²) in [5.74, 6) is -3.09. The van der Waals surface area contributed by atoms with Gasteiger partial charge in [-0.2, -0.15) is 0 Å². The number of aromatic hydroxyl groups is 1. The third-order valence-corrected chi connectivity index (χ3v) is 6.36. The van der Waals surface area contributed by atoms with E-state index in [9.17, 15) is 24.6 Å². The van der Waals surface area contributed by atoms with Crippen LogP contribution in [0.25, 0.3) is 0 Å². The molecule has 1 aromatic carbocycles. The molecule has 1 fully saturated rings. The van der Waals surface area contributed by atoms with Crippen LogP contribution < -0.4 is 0 Å². The van der Waals surface area contributed by atoms with Gasteiger partial charge in [0.2, 0.25) is 0 Å². The Kier molecular flexibility index (Phi) is 5.54. The van der Waals surface area contributed by atoms with E-state index in [1.807, 2.05) is 27.7 Å². The molecule has 2 aliphatic carbocycles. The molecular formula is C23H27BrO5. The number of aliphatic hydroxyl groups excluding tert-OH is 1. The summed E-state index contributed by atoms with van der Waals surface area (Å²) >= 11 is 3.36. The fourth-order valence-corrected chi connectivity index (χ4v) is 5.09. The minimum Gasteiger partial charge on any atom is -0.512 e. The lowest BCUT2D eigenvalue weighted by Gasteiger charge is -2.39. The van der Waals surface area contributed by atoms with Crippen molar-refractivity contribution in [1.29, 1.82) is 0 Å². The van der Waals surface area contributed by atoms with E-state index >= 15 is 0 Å². The molecule has 0 unspecified atom stereocenters. The van der Waals surface area contributed by atoms with E-state index in [1.165, 1.54) is 6.07 Å². The second kappa shape index (κ2) is 7.38. The molecule has 0 radical (unpaired) electrons. The Morgan fingerprint density at radius 2 is 1.48 bits per heavy atom. The molecule has 0 spiro atoms. The van der Waals surface area contributed by atoms with E-state index < -0.39 is 22.7 Å². The zero-order chi connectivity index (χ0) is 21.7. The lowest BCUT2D eigenvalue weighted by molar-refractivity contribution is -0.140. The summed E-state index contributed by atoms with van der Waals surface area (Å²) in [6, 6.07) is 4.72. The molecule has 6 heteroatoms. The Morgan fingerprint density at radius 3 is 2.03 bits per heavy atom. The van der Waals surface area contributed by atoms with Gasteiger partial charge in [-0.05, 0) is 29.0 Å². The molecule has 1 atom stereocenters. The molecule has 3 rings (SSSR count). The molecule has 2 N–H and O–H groups in total. The number of Topliss-reactive ketones (excluding diaryl/α,β-unsaturated/α-hetero) is 3. The number of benzene rings is 1. The van der Waals surface area contributed by atoms with Gasteiger partial charge in [-0.3, -0.25) is 14.4 Å². The van der Waals surface area contributed by atoms with E-state index in [4.69, 9.17) is 0 Å². The molecule has 0 amide bonds. The third kappa shape index (κ3) is 4.32. The maximum atomic E-state index is 13.1. The molecule has 156 valence electrons. The number of hydrogen-bond acceptors (Lipinski definition) is 5. The highest BCUT2D eigenvalue weighted by atomic mass is 79.9. The van der Waals surface area contributed by atoms with Crippen molar-refractivity contribution in [3.05, 3.63) is 39.6 Å². The van der Waals surface area contributed by atoms with Gasteiger partial charge < -0.3 is 10.2 Å². The van der Waals surface area contributed by atoms with Crippen LogP contribution in [0.4, 0.5) is 0 Å². The van der Waals surface area contributed by atoms with Gasteiger partial charge in [-0.25, -0.2) is 0 Å². The fourth-order valence-electron chi connectivity index (χ4n) is 4.71. The van der Waals surface area contributed by atoms with Gasteiger partial charge in [0.15, 0.2) is 5.78 Å². The first-order valence-electron chi connectivity index (χ1n) is 9.80. The minimum absolute atomic E-state index is 0.0872. The van der Waals surface area contributed by atoms with Crippen LogP contribution in [0.5, 0.6) is 5.75 Å². The van der Waals surface area contributed by atoms with E-state index in [2.05, 4.69) is 15.9 Å². The van der Waals surface area contributed by atoms with Crippen LogP contribution in [0.2, 0.25) is 0 Å². The summed E-state index contributed by atoms with van der Waals surface area (Å²) in [5, 5.41) is 21.4. The molecule has 29 heavy (non-hydrogen) atoms. The fraction of sp³-hybridized carbons (Fsp3) is 0.522. The maximum absolute atomic E-state index is 13.1. The van der Waals surface area contributed by atoms with Crippen molar-refractivity contribution >= 4 is 33.3 Å². The number of ketones is 3. The molecule has 0 heterocycles. The summed E-state index contributed by atoms with van der Waals surface area (Å²) in [6.45, 7) is 7.52. The zero-order valence-electron chi connectivity index (χ0n) is 17.2. The molecule has 0 aliphatic heterocycles. The zero-order valence-corrected chi connectivity index (χ0v) is 18.8. The average Bonchev–Trinajstić information content (AvgIpc) is 2.52. The predicted molar refractivity (Wildman–Crippen MR) is 113 cm³/mol. The van der Waals surface area contributed by atoms with Crippen LogP contribution in [-0.4, -0.2) is 27.6 Å². The molecule has 0 aromatic heterocycles. The number of phenols is 1. The van der Waals surface area contributed by atoms with E-state index in [0.29, 0.717) is 10.0 Å². The third-order valence-electron chi connectivity index (χ3n) is 5.86. The number of carbonyl (C=O) groups excluding carboxylic acids is 3. The number of rotatable bonds is 3. The van der Waals surface area contributed by atoms with Crippen LogP contribution in [-0.2, 0) is 14.4 Å². The van der Waals surface area contributed by atoms with Gasteiger partial charge in [-0.1, -0.05) is 43.6 Å². The number of phenolic OH excluding ortho intramolecular Hbond substituents is 1. The number of aliphatic hydroxyl groups is 1. The van der Waals surface area contributed by atoms with Crippen molar-refractivity contribution in [2.45, 2.75) is 59.3 Å². The summed E-state index contributed by atoms with van der Waals surface area (Å²) in [5.41, 5.74) is -0.454. The highest BCUT2D eigenvalue weighted by Gasteiger charge is 2.49. The molecule has 2 aliphatic rings. The first-order chi connectivity index (χ1) is 13.3. The number of carbonyl (C=O) groups is 3. The molecular weight excluding hydrogens is 436 g/mol. The van der Waals surface area contributed by atoms with Crippen LogP contribution in [0, 0.1) is 16.7 Å². The van der Waals surface area contributed by atoms with Crippen molar-refractivity contribution in [1.82, 2.24) is 0 Å². The topological polar surface area (TPSA) is 91.7 Å². The average molecular weight is 463 g/mol. The van der Waals surface area contributed by atoms with Crippen LogP contribution in [0.1, 0.15) is 64.9 Å². The Balaban J connectivity index is 2.21. The van der Waals surface area contributed by atoms with Crippen molar-refractivity contribution in [3.8, 4) is 5.75 Å². The van der Waals surface area contributed by atoms with Crippen molar-refractivity contribution in [3.63, 3.8) is 0 Å². The smallest absolute Gasteiger partial charge is 0.163 e. The maximum Gasteiger partial charge on any atom is 0.163 e. The SMILES string of the molecule is CC1(C)CC(=O)C([C@@H](C2=C(O)CC(C)(C)CC2=O)c2cc(Br)ccc2O)C(=O)C1. The number of allylic oxidation sites excluding steroid dienone is 2. The lowest BCUT2D eigenvalue weighted by atomic mass is 9.62. The number of hydrogen-bond donors (Lipinski definition) is 2. The Labute approximate surface area is 179 Å². The summed E-state index contributed by atoms with van der Waals surface area (Å²) in [6.07, 6.45) is 0.906. The highest BCUT2D eigenvalue weighted by Crippen LogP contribution is 2.49. The summed E-state index contributed by atoms with van der Waals surface area (Å²) in [7, 11) is 0. The standard InChI is InChI=1S/C23H27BrO5/c1-22(2)8-15(26)20(16(27)9-22)19(13-7-12(24)5-6-14(13)25)21-17(28)10-23(3,4)11-18(21)29/h5-7,19-20,25,28H,8-11H2,1-4H3/t19-/m0/s1. The van der Waals surface area contributed by atoms with Gasteiger partial charge in [0.05, 0.1) is 5.92 Å².